The first-order valence-electron chi connectivity index (χ1n) is 8.42. The van der Waals surface area contributed by atoms with Gasteiger partial charge in [0, 0.05) is 26.7 Å². The maximum Gasteiger partial charge on any atom is 0.401 e. The molecule has 0 aromatic carbocycles. The van der Waals surface area contributed by atoms with Gasteiger partial charge in [0.05, 0.1) is 6.54 Å². The van der Waals surface area contributed by atoms with Gasteiger partial charge in [-0.3, -0.25) is 9.89 Å². The van der Waals surface area contributed by atoms with E-state index in [4.69, 9.17) is 0 Å². The Kier molecular flexibility index (Phi) is 11.3. The van der Waals surface area contributed by atoms with Gasteiger partial charge in [0.1, 0.15) is 0 Å². The molecule has 1 rings (SSSR count). The smallest absolute Gasteiger partial charge is 0.356 e. The van der Waals surface area contributed by atoms with E-state index in [1.165, 1.54) is 24.8 Å². The molecule has 8 heteroatoms. The van der Waals surface area contributed by atoms with Crippen molar-refractivity contribution in [3.05, 3.63) is 0 Å². The molecule has 0 aliphatic carbocycles. The molecule has 0 bridgehead atoms. The largest absolute Gasteiger partial charge is 0.401 e. The van der Waals surface area contributed by atoms with Crippen molar-refractivity contribution in [2.45, 2.75) is 39.3 Å². The highest BCUT2D eigenvalue weighted by Crippen LogP contribution is 2.23. The Bertz CT molecular complexity index is 375. The quantitative estimate of drug-likeness (QED) is 0.271. The third kappa shape index (κ3) is 9.90. The molecule has 4 nitrogen and oxygen atoms in total. The van der Waals surface area contributed by atoms with Crippen LogP contribution in [0.1, 0.15) is 33.1 Å². The van der Waals surface area contributed by atoms with Crippen molar-refractivity contribution in [2.75, 3.05) is 46.8 Å². The van der Waals surface area contributed by atoms with E-state index < -0.39 is 12.7 Å². The summed E-state index contributed by atoms with van der Waals surface area (Å²) in [7, 11) is 3.26. The molecule has 24 heavy (non-hydrogen) atoms. The number of likely N-dealkylation sites (tertiary alicyclic amines) is 1. The average Bonchev–Trinajstić information content (AvgIpc) is 2.84. The standard InChI is InChI=1S/C16H31F3N4.HI/c1-13(2)10-14-6-9-23(11-14)15(20-3)21-7-5-8-22(4)12-16(17,18)19;/h13-14H,5-12H2,1-4H3,(H,20,21);1H. The minimum Gasteiger partial charge on any atom is -0.356 e. The lowest BCUT2D eigenvalue weighted by atomic mass is 9.97. The van der Waals surface area contributed by atoms with Gasteiger partial charge >= 0.3 is 6.18 Å². The lowest BCUT2D eigenvalue weighted by molar-refractivity contribution is -0.143. The second-order valence-corrected chi connectivity index (χ2v) is 6.91. The van der Waals surface area contributed by atoms with E-state index in [-0.39, 0.29) is 24.0 Å². The molecule has 1 saturated heterocycles. The van der Waals surface area contributed by atoms with E-state index in [0.717, 1.165) is 19.0 Å². The molecule has 1 aliphatic rings. The SMILES string of the molecule is CN=C(NCCCN(C)CC(F)(F)F)N1CCC(CC(C)C)C1.I. The van der Waals surface area contributed by atoms with Crippen LogP contribution in [0, 0.1) is 11.8 Å². The van der Waals surface area contributed by atoms with Crippen LogP contribution in [0.25, 0.3) is 0 Å². The first kappa shape index (κ1) is 23.8. The lowest BCUT2D eigenvalue weighted by Crippen LogP contribution is -2.41. The molecule has 0 aromatic heterocycles. The monoisotopic (exact) mass is 464 g/mol. The Labute approximate surface area is 161 Å². The van der Waals surface area contributed by atoms with Crippen molar-refractivity contribution in [1.29, 1.82) is 0 Å². The zero-order chi connectivity index (χ0) is 17.5. The molecule has 1 unspecified atom stereocenters. The zero-order valence-corrected chi connectivity index (χ0v) is 17.5. The molecule has 0 aromatic rings. The summed E-state index contributed by atoms with van der Waals surface area (Å²) >= 11 is 0. The number of rotatable bonds is 7. The summed E-state index contributed by atoms with van der Waals surface area (Å²) in [5, 5.41) is 3.27. The van der Waals surface area contributed by atoms with Gasteiger partial charge in [-0.15, -0.1) is 24.0 Å². The van der Waals surface area contributed by atoms with Gasteiger partial charge in [-0.2, -0.15) is 13.2 Å². The van der Waals surface area contributed by atoms with Crippen molar-refractivity contribution in [3.8, 4) is 0 Å². The molecule has 144 valence electrons. The predicted octanol–water partition coefficient (Wildman–Crippen LogP) is 3.43. The van der Waals surface area contributed by atoms with Crippen molar-refractivity contribution in [2.24, 2.45) is 16.8 Å². The highest BCUT2D eigenvalue weighted by Gasteiger charge is 2.29. The zero-order valence-electron chi connectivity index (χ0n) is 15.2. The Morgan fingerprint density at radius 2 is 2.04 bits per heavy atom. The fourth-order valence-electron chi connectivity index (χ4n) is 3.15. The van der Waals surface area contributed by atoms with E-state index in [9.17, 15) is 13.2 Å². The third-order valence-corrected chi connectivity index (χ3v) is 4.05. The summed E-state index contributed by atoms with van der Waals surface area (Å²) < 4.78 is 36.7. The molecule has 0 radical (unpaired) electrons. The van der Waals surface area contributed by atoms with Gasteiger partial charge in [-0.05, 0) is 44.7 Å². The molecule has 0 saturated carbocycles. The van der Waals surface area contributed by atoms with Crippen LogP contribution < -0.4 is 5.32 Å². The third-order valence-electron chi connectivity index (χ3n) is 4.05. The van der Waals surface area contributed by atoms with Crippen LogP contribution in [-0.2, 0) is 0 Å². The van der Waals surface area contributed by atoms with Gasteiger partial charge in [0.2, 0.25) is 0 Å². The Morgan fingerprint density at radius 3 is 2.58 bits per heavy atom. The van der Waals surface area contributed by atoms with Gasteiger partial charge in [0.25, 0.3) is 0 Å². The van der Waals surface area contributed by atoms with Crippen LogP contribution in [0.5, 0.6) is 0 Å². The minimum absolute atomic E-state index is 0. The average molecular weight is 464 g/mol. The Hall–Kier alpha value is -0.250. The van der Waals surface area contributed by atoms with E-state index in [1.807, 2.05) is 0 Å². The fourth-order valence-corrected chi connectivity index (χ4v) is 3.15. The summed E-state index contributed by atoms with van der Waals surface area (Å²) in [5.41, 5.74) is 0. The number of guanidine groups is 1. The molecule has 0 spiro atoms. The van der Waals surface area contributed by atoms with Crippen LogP contribution in [0.15, 0.2) is 4.99 Å². The van der Waals surface area contributed by atoms with Crippen LogP contribution in [-0.4, -0.2) is 68.8 Å². The Balaban J connectivity index is 0.00000529. The van der Waals surface area contributed by atoms with Crippen LogP contribution >= 0.6 is 24.0 Å². The topological polar surface area (TPSA) is 30.9 Å². The van der Waals surface area contributed by atoms with Gasteiger partial charge in [-0.25, -0.2) is 0 Å². The first-order chi connectivity index (χ1) is 10.7. The molecule has 1 N–H and O–H groups in total. The number of aliphatic imine (C=N–C) groups is 1. The highest BCUT2D eigenvalue weighted by molar-refractivity contribution is 14.0. The van der Waals surface area contributed by atoms with Gasteiger partial charge in [-0.1, -0.05) is 13.8 Å². The van der Waals surface area contributed by atoms with Crippen molar-refractivity contribution in [3.63, 3.8) is 0 Å². The molecule has 1 atom stereocenters. The number of nitrogens with zero attached hydrogens (tertiary/aromatic N) is 3. The van der Waals surface area contributed by atoms with Gasteiger partial charge in [0.15, 0.2) is 5.96 Å². The summed E-state index contributed by atoms with van der Waals surface area (Å²) in [6.07, 6.45) is -1.04. The summed E-state index contributed by atoms with van der Waals surface area (Å²) in [6.45, 7) is 6.71. The van der Waals surface area contributed by atoms with Crippen molar-refractivity contribution >= 4 is 29.9 Å². The maximum absolute atomic E-state index is 12.2. The second kappa shape index (κ2) is 11.4. The molecular weight excluding hydrogens is 432 g/mol. The predicted molar refractivity (Wildman–Crippen MR) is 104 cm³/mol. The number of hydrogen-bond donors (Lipinski definition) is 1. The van der Waals surface area contributed by atoms with E-state index in [0.29, 0.717) is 31.3 Å². The second-order valence-electron chi connectivity index (χ2n) is 6.91. The molecular formula is C16H32F3IN4. The number of halogens is 4. The van der Waals surface area contributed by atoms with Gasteiger partial charge < -0.3 is 10.2 Å². The van der Waals surface area contributed by atoms with Crippen molar-refractivity contribution < 1.29 is 13.2 Å². The number of nitrogens with one attached hydrogen (secondary N) is 1. The van der Waals surface area contributed by atoms with E-state index in [2.05, 4.69) is 29.1 Å². The maximum atomic E-state index is 12.2. The molecule has 0 amide bonds. The fraction of sp³-hybridized carbons (Fsp3) is 0.938. The first-order valence-corrected chi connectivity index (χ1v) is 8.42. The van der Waals surface area contributed by atoms with Crippen LogP contribution in [0.4, 0.5) is 13.2 Å². The number of alkyl halides is 3. The summed E-state index contributed by atoms with van der Waals surface area (Å²) in [5.74, 6) is 2.29. The minimum atomic E-state index is -4.13. The summed E-state index contributed by atoms with van der Waals surface area (Å²) in [6, 6.07) is 0. The normalized spacial score (nSPS) is 19.1. The van der Waals surface area contributed by atoms with E-state index in [1.54, 1.807) is 7.05 Å². The van der Waals surface area contributed by atoms with Crippen LogP contribution in [0.3, 0.4) is 0 Å². The highest BCUT2D eigenvalue weighted by atomic mass is 127. The molecule has 1 fully saturated rings. The van der Waals surface area contributed by atoms with Crippen molar-refractivity contribution in [1.82, 2.24) is 15.1 Å². The van der Waals surface area contributed by atoms with Crippen LogP contribution in [0.2, 0.25) is 0 Å². The summed E-state index contributed by atoms with van der Waals surface area (Å²) in [4.78, 5) is 7.86. The van der Waals surface area contributed by atoms with E-state index >= 15 is 0 Å². The lowest BCUT2D eigenvalue weighted by Gasteiger charge is -2.23. The molecule has 1 heterocycles. The molecule has 1 aliphatic heterocycles. The Morgan fingerprint density at radius 1 is 1.38 bits per heavy atom. The number of hydrogen-bond acceptors (Lipinski definition) is 2.